The summed E-state index contributed by atoms with van der Waals surface area (Å²) in [6.07, 6.45) is -4.55. The number of hydrogen-bond acceptors (Lipinski definition) is 2. The monoisotopic (exact) mass is 448 g/mol. The van der Waals surface area contributed by atoms with E-state index in [0.717, 1.165) is 10.6 Å². The predicted molar refractivity (Wildman–Crippen MR) is 109 cm³/mol. The molecule has 4 rings (SSSR count). The van der Waals surface area contributed by atoms with E-state index >= 15 is 0 Å². The quantitative estimate of drug-likeness (QED) is 0.366. The van der Waals surface area contributed by atoms with Crippen molar-refractivity contribution in [3.63, 3.8) is 0 Å². The average molecular weight is 449 g/mol. The number of carbonyl (C=O) groups is 1. The average Bonchev–Trinajstić information content (AvgIpc) is 3.04. The first-order chi connectivity index (χ1) is 14.6. The van der Waals surface area contributed by atoms with E-state index in [2.05, 4.69) is 4.98 Å². The normalized spacial score (nSPS) is 11.8. The first kappa shape index (κ1) is 20.9. The van der Waals surface area contributed by atoms with E-state index in [-0.39, 0.29) is 27.4 Å². The lowest BCUT2D eigenvalue weighted by atomic mass is 9.99. The maximum Gasteiger partial charge on any atom is 0.406 e. The molecule has 31 heavy (non-hydrogen) atoms. The number of aromatic nitrogens is 2. The minimum atomic E-state index is -4.55. The van der Waals surface area contributed by atoms with Crippen LogP contribution in [0.25, 0.3) is 33.5 Å². The molecule has 0 amide bonds. The highest BCUT2D eigenvalue weighted by molar-refractivity contribution is 6.33. The van der Waals surface area contributed by atoms with Crippen molar-refractivity contribution < 1.29 is 27.5 Å². The molecule has 0 aliphatic heterocycles. The van der Waals surface area contributed by atoms with E-state index in [1.165, 1.54) is 30.3 Å². The van der Waals surface area contributed by atoms with Crippen molar-refractivity contribution in [3.05, 3.63) is 77.1 Å². The summed E-state index contributed by atoms with van der Waals surface area (Å²) in [6.45, 7) is -1.32. The summed E-state index contributed by atoms with van der Waals surface area (Å²) in [5.41, 5.74) is 1.38. The molecule has 0 saturated heterocycles. The van der Waals surface area contributed by atoms with Gasteiger partial charge in [-0.3, -0.25) is 0 Å². The fraction of sp³-hybridized carbons (Fsp3) is 0.0909. The lowest BCUT2D eigenvalue weighted by molar-refractivity contribution is -0.139. The second-order valence-corrected chi connectivity index (χ2v) is 7.22. The van der Waals surface area contributed by atoms with Crippen LogP contribution in [-0.4, -0.2) is 26.8 Å². The Morgan fingerprint density at radius 3 is 2.35 bits per heavy atom. The number of nitrogens with zero attached hydrogens (tertiary/aromatic N) is 2. The predicted octanol–water partition coefficient (Wildman–Crippen LogP) is 6.42. The second-order valence-electron chi connectivity index (χ2n) is 6.82. The summed E-state index contributed by atoms with van der Waals surface area (Å²) < 4.78 is 54.6. The standard InChI is InChI=1S/C22H13ClF4N2O2/c23-17-10-13(24)6-7-15(17)14-3-1-2-4-16(14)20-28-18-9-12(21(30)31)5-8-19(18)29(20)11-22(25,26)27/h1-10H,11H2,(H,30,31). The molecule has 0 unspecified atom stereocenters. The molecular weight excluding hydrogens is 436 g/mol. The molecule has 9 heteroatoms. The molecule has 0 radical (unpaired) electrons. The third kappa shape index (κ3) is 4.11. The highest BCUT2D eigenvalue weighted by Crippen LogP contribution is 2.38. The summed E-state index contributed by atoms with van der Waals surface area (Å²) in [6, 6.07) is 14.1. The van der Waals surface area contributed by atoms with Gasteiger partial charge in [0.15, 0.2) is 0 Å². The zero-order valence-electron chi connectivity index (χ0n) is 15.6. The number of benzene rings is 3. The minimum absolute atomic E-state index is 0.00847. The van der Waals surface area contributed by atoms with Crippen LogP contribution in [0.4, 0.5) is 17.6 Å². The first-order valence-corrected chi connectivity index (χ1v) is 9.37. The maximum absolute atomic E-state index is 13.5. The molecule has 0 spiro atoms. The molecule has 1 aromatic heterocycles. The Kier molecular flexibility index (Phi) is 5.18. The Morgan fingerprint density at radius 2 is 1.71 bits per heavy atom. The van der Waals surface area contributed by atoms with Gasteiger partial charge in [-0.15, -0.1) is 0 Å². The fourth-order valence-electron chi connectivity index (χ4n) is 3.43. The Labute approximate surface area is 178 Å². The zero-order valence-corrected chi connectivity index (χ0v) is 16.4. The maximum atomic E-state index is 13.5. The SMILES string of the molecule is O=C(O)c1ccc2c(c1)nc(-c1ccccc1-c1ccc(F)cc1Cl)n2CC(F)(F)F. The van der Waals surface area contributed by atoms with Crippen LogP contribution in [0.5, 0.6) is 0 Å². The van der Waals surface area contributed by atoms with E-state index in [4.69, 9.17) is 11.6 Å². The van der Waals surface area contributed by atoms with Crippen LogP contribution in [0.15, 0.2) is 60.7 Å². The molecule has 0 aliphatic rings. The van der Waals surface area contributed by atoms with Crippen molar-refractivity contribution in [3.8, 4) is 22.5 Å². The van der Waals surface area contributed by atoms with Crippen molar-refractivity contribution in [1.29, 1.82) is 0 Å². The molecule has 0 atom stereocenters. The molecule has 0 fully saturated rings. The van der Waals surface area contributed by atoms with Gasteiger partial charge in [0, 0.05) is 11.1 Å². The molecule has 4 nitrogen and oxygen atoms in total. The number of aromatic carboxylic acids is 1. The summed E-state index contributed by atoms with van der Waals surface area (Å²) >= 11 is 6.19. The molecular formula is C22H13ClF4N2O2. The molecule has 1 heterocycles. The first-order valence-electron chi connectivity index (χ1n) is 8.99. The Morgan fingerprint density at radius 1 is 1.00 bits per heavy atom. The van der Waals surface area contributed by atoms with Gasteiger partial charge in [-0.1, -0.05) is 35.9 Å². The van der Waals surface area contributed by atoms with Gasteiger partial charge in [-0.2, -0.15) is 13.2 Å². The molecule has 0 aliphatic carbocycles. The molecule has 158 valence electrons. The molecule has 0 saturated carbocycles. The van der Waals surface area contributed by atoms with Crippen LogP contribution in [0, 0.1) is 5.82 Å². The number of carboxylic acid groups (broad SMARTS) is 1. The van der Waals surface area contributed by atoms with Gasteiger partial charge in [0.05, 0.1) is 21.6 Å². The summed E-state index contributed by atoms with van der Waals surface area (Å²) in [5, 5.41) is 9.31. The van der Waals surface area contributed by atoms with Crippen molar-refractivity contribution in [2.24, 2.45) is 0 Å². The zero-order chi connectivity index (χ0) is 22.3. The van der Waals surface area contributed by atoms with Gasteiger partial charge in [0.1, 0.15) is 18.2 Å². The third-order valence-electron chi connectivity index (χ3n) is 4.72. The lowest BCUT2D eigenvalue weighted by Gasteiger charge is -2.15. The van der Waals surface area contributed by atoms with Crippen molar-refractivity contribution in [1.82, 2.24) is 9.55 Å². The highest BCUT2D eigenvalue weighted by Gasteiger charge is 2.31. The van der Waals surface area contributed by atoms with Crippen LogP contribution in [0.3, 0.4) is 0 Å². The van der Waals surface area contributed by atoms with Crippen LogP contribution < -0.4 is 0 Å². The number of halogens is 5. The molecule has 4 aromatic rings. The van der Waals surface area contributed by atoms with Gasteiger partial charge in [0.2, 0.25) is 0 Å². The van der Waals surface area contributed by atoms with Gasteiger partial charge in [-0.05, 0) is 42.0 Å². The summed E-state index contributed by atoms with van der Waals surface area (Å²) in [4.78, 5) is 15.6. The second kappa shape index (κ2) is 7.70. The van der Waals surface area contributed by atoms with E-state index in [1.807, 2.05) is 0 Å². The van der Waals surface area contributed by atoms with E-state index < -0.39 is 24.5 Å². The van der Waals surface area contributed by atoms with Crippen LogP contribution >= 0.6 is 11.6 Å². The van der Waals surface area contributed by atoms with E-state index in [1.54, 1.807) is 24.3 Å². The summed E-state index contributed by atoms with van der Waals surface area (Å²) in [7, 11) is 0. The topological polar surface area (TPSA) is 55.1 Å². The number of carboxylic acids is 1. The Balaban J connectivity index is 2.00. The van der Waals surface area contributed by atoms with Crippen LogP contribution in [0.2, 0.25) is 5.02 Å². The number of fused-ring (bicyclic) bond motifs is 1. The number of alkyl halides is 3. The molecule has 3 aromatic carbocycles. The van der Waals surface area contributed by atoms with Crippen molar-refractivity contribution >= 4 is 28.6 Å². The smallest absolute Gasteiger partial charge is 0.406 e. The van der Waals surface area contributed by atoms with Crippen LogP contribution in [0.1, 0.15) is 10.4 Å². The van der Waals surface area contributed by atoms with Gasteiger partial charge < -0.3 is 9.67 Å². The number of imidazole rings is 1. The van der Waals surface area contributed by atoms with Gasteiger partial charge in [-0.25, -0.2) is 14.2 Å². The number of rotatable bonds is 4. The summed E-state index contributed by atoms with van der Waals surface area (Å²) in [5.74, 6) is -1.77. The number of hydrogen-bond donors (Lipinski definition) is 1. The Bertz CT molecular complexity index is 1310. The van der Waals surface area contributed by atoms with E-state index in [0.29, 0.717) is 16.7 Å². The Hall–Kier alpha value is -3.39. The fourth-order valence-corrected chi connectivity index (χ4v) is 3.70. The van der Waals surface area contributed by atoms with Crippen molar-refractivity contribution in [2.45, 2.75) is 12.7 Å². The van der Waals surface area contributed by atoms with Crippen molar-refractivity contribution in [2.75, 3.05) is 0 Å². The van der Waals surface area contributed by atoms with Gasteiger partial charge in [0.25, 0.3) is 0 Å². The van der Waals surface area contributed by atoms with Crippen LogP contribution in [-0.2, 0) is 6.54 Å². The highest BCUT2D eigenvalue weighted by atomic mass is 35.5. The largest absolute Gasteiger partial charge is 0.478 e. The van der Waals surface area contributed by atoms with Gasteiger partial charge >= 0.3 is 12.1 Å². The third-order valence-corrected chi connectivity index (χ3v) is 5.03. The molecule has 0 bridgehead atoms. The lowest BCUT2D eigenvalue weighted by Crippen LogP contribution is -2.18. The molecule has 1 N–H and O–H groups in total. The minimum Gasteiger partial charge on any atom is -0.478 e. The van der Waals surface area contributed by atoms with E-state index in [9.17, 15) is 27.5 Å².